The maximum Gasteiger partial charge on any atom is 0.259 e. The van der Waals surface area contributed by atoms with Crippen LogP contribution in [0.25, 0.3) is 0 Å². The Labute approximate surface area is 155 Å². The van der Waals surface area contributed by atoms with E-state index in [0.717, 1.165) is 6.42 Å². The fourth-order valence-electron chi connectivity index (χ4n) is 2.38. The molecule has 0 saturated carbocycles. The van der Waals surface area contributed by atoms with Crippen LogP contribution in [0.4, 0.5) is 5.69 Å². The van der Waals surface area contributed by atoms with Crippen LogP contribution in [-0.4, -0.2) is 26.1 Å². The predicted molar refractivity (Wildman–Crippen MR) is 98.3 cm³/mol. The van der Waals surface area contributed by atoms with Gasteiger partial charge in [0.05, 0.1) is 5.56 Å². The Hall–Kier alpha value is -2.93. The molecular formula is C18H18ClN5O2. The zero-order chi connectivity index (χ0) is 18.4. The van der Waals surface area contributed by atoms with Crippen molar-refractivity contribution >= 4 is 23.2 Å². The van der Waals surface area contributed by atoms with Crippen molar-refractivity contribution < 1.29 is 9.53 Å². The van der Waals surface area contributed by atoms with E-state index < -0.39 is 0 Å². The van der Waals surface area contributed by atoms with Crippen molar-refractivity contribution in [3.63, 3.8) is 0 Å². The molecule has 1 amide bonds. The number of para-hydroxylation sites is 1. The van der Waals surface area contributed by atoms with Gasteiger partial charge in [0, 0.05) is 17.3 Å². The third kappa shape index (κ3) is 4.37. The molecule has 0 aliphatic rings. The van der Waals surface area contributed by atoms with Gasteiger partial charge in [0.2, 0.25) is 0 Å². The second-order valence-corrected chi connectivity index (χ2v) is 6.00. The highest BCUT2D eigenvalue weighted by molar-refractivity contribution is 6.31. The van der Waals surface area contributed by atoms with E-state index in [1.807, 2.05) is 37.3 Å². The average molecular weight is 372 g/mol. The largest absolute Gasteiger partial charge is 0.485 e. The Morgan fingerprint density at radius 2 is 2.04 bits per heavy atom. The highest BCUT2D eigenvalue weighted by Gasteiger charge is 2.15. The van der Waals surface area contributed by atoms with Gasteiger partial charge in [-0.25, -0.2) is 4.68 Å². The summed E-state index contributed by atoms with van der Waals surface area (Å²) in [5, 5.41) is 14.8. The number of benzene rings is 2. The highest BCUT2D eigenvalue weighted by Crippen LogP contribution is 2.25. The molecule has 0 spiro atoms. The van der Waals surface area contributed by atoms with Crippen molar-refractivity contribution in [2.24, 2.45) is 0 Å². The van der Waals surface area contributed by atoms with Crippen molar-refractivity contribution in [2.45, 2.75) is 26.5 Å². The molecule has 0 fully saturated rings. The molecule has 3 rings (SSSR count). The molecule has 134 valence electrons. The fourth-order valence-corrected chi connectivity index (χ4v) is 2.55. The van der Waals surface area contributed by atoms with Crippen LogP contribution in [0.2, 0.25) is 5.02 Å². The number of halogens is 1. The number of tetrazole rings is 1. The molecule has 0 atom stereocenters. The van der Waals surface area contributed by atoms with Crippen LogP contribution in [-0.2, 0) is 13.2 Å². The van der Waals surface area contributed by atoms with Gasteiger partial charge in [-0.1, -0.05) is 36.7 Å². The van der Waals surface area contributed by atoms with E-state index in [1.54, 1.807) is 22.9 Å². The minimum absolute atomic E-state index is 0.153. The smallest absolute Gasteiger partial charge is 0.259 e. The minimum Gasteiger partial charge on any atom is -0.485 e. The van der Waals surface area contributed by atoms with Crippen molar-refractivity contribution in [3.8, 4) is 5.75 Å². The first-order valence-electron chi connectivity index (χ1n) is 8.21. The number of anilines is 1. The summed E-state index contributed by atoms with van der Waals surface area (Å²) >= 11 is 6.06. The number of aromatic nitrogens is 4. The van der Waals surface area contributed by atoms with Gasteiger partial charge >= 0.3 is 0 Å². The fraction of sp³-hybridized carbons (Fsp3) is 0.222. The van der Waals surface area contributed by atoms with Gasteiger partial charge in [-0.2, -0.15) is 0 Å². The van der Waals surface area contributed by atoms with Crippen LogP contribution in [0.3, 0.4) is 0 Å². The topological polar surface area (TPSA) is 81.9 Å². The monoisotopic (exact) mass is 371 g/mol. The molecule has 0 radical (unpaired) electrons. The van der Waals surface area contributed by atoms with Gasteiger partial charge in [-0.15, -0.1) is 5.10 Å². The van der Waals surface area contributed by atoms with Crippen LogP contribution in [0.5, 0.6) is 5.75 Å². The first kappa shape index (κ1) is 17.9. The van der Waals surface area contributed by atoms with E-state index in [4.69, 9.17) is 16.3 Å². The molecule has 0 aliphatic heterocycles. The molecule has 1 heterocycles. The van der Waals surface area contributed by atoms with E-state index in [9.17, 15) is 4.79 Å². The Morgan fingerprint density at radius 1 is 1.23 bits per heavy atom. The number of ether oxygens (including phenoxy) is 1. The number of amides is 1. The minimum atomic E-state index is -0.304. The van der Waals surface area contributed by atoms with Crippen molar-refractivity contribution in [3.05, 3.63) is 64.9 Å². The molecule has 7 nitrogen and oxygen atoms in total. The molecular weight excluding hydrogens is 354 g/mol. The number of aryl methyl sites for hydroxylation is 1. The van der Waals surface area contributed by atoms with Gasteiger partial charge in [-0.05, 0) is 47.2 Å². The number of hydrogen-bond donors (Lipinski definition) is 1. The lowest BCUT2D eigenvalue weighted by Gasteiger charge is -2.12. The Bertz CT molecular complexity index is 882. The summed E-state index contributed by atoms with van der Waals surface area (Å²) in [5.74, 6) is 0.701. The zero-order valence-corrected chi connectivity index (χ0v) is 15.0. The maximum atomic E-state index is 12.6. The van der Waals surface area contributed by atoms with Crippen molar-refractivity contribution in [2.75, 3.05) is 5.32 Å². The van der Waals surface area contributed by atoms with Gasteiger partial charge in [0.25, 0.3) is 5.91 Å². The lowest BCUT2D eigenvalue weighted by atomic mass is 10.2. The lowest BCUT2D eigenvalue weighted by molar-refractivity contribution is 0.102. The standard InChI is InChI=1S/C18H18ClN5O2/c1-2-10-24-17(21-22-23-24)12-26-16-9-8-13(19)11-15(16)18(25)20-14-6-4-3-5-7-14/h3-9,11H,2,10,12H2,1H3,(H,20,25). The summed E-state index contributed by atoms with van der Waals surface area (Å²) in [6, 6.07) is 14.1. The summed E-state index contributed by atoms with van der Waals surface area (Å²) in [5.41, 5.74) is 1.03. The Morgan fingerprint density at radius 3 is 2.81 bits per heavy atom. The Kier molecular flexibility index (Phi) is 5.80. The number of nitrogens with one attached hydrogen (secondary N) is 1. The number of carbonyl (C=O) groups excluding carboxylic acids is 1. The van der Waals surface area contributed by atoms with Crippen LogP contribution in [0.15, 0.2) is 48.5 Å². The van der Waals surface area contributed by atoms with E-state index in [1.165, 1.54) is 0 Å². The molecule has 8 heteroatoms. The van der Waals surface area contributed by atoms with Gasteiger partial charge in [-0.3, -0.25) is 4.79 Å². The zero-order valence-electron chi connectivity index (χ0n) is 14.2. The summed E-state index contributed by atoms with van der Waals surface area (Å²) in [4.78, 5) is 12.6. The van der Waals surface area contributed by atoms with Crippen LogP contribution < -0.4 is 10.1 Å². The van der Waals surface area contributed by atoms with Gasteiger partial charge < -0.3 is 10.1 Å². The van der Waals surface area contributed by atoms with Gasteiger partial charge in [0.1, 0.15) is 12.4 Å². The van der Waals surface area contributed by atoms with E-state index >= 15 is 0 Å². The quantitative estimate of drug-likeness (QED) is 0.686. The van der Waals surface area contributed by atoms with E-state index in [-0.39, 0.29) is 12.5 Å². The van der Waals surface area contributed by atoms with Crippen molar-refractivity contribution in [1.29, 1.82) is 0 Å². The average Bonchev–Trinajstić information content (AvgIpc) is 3.09. The van der Waals surface area contributed by atoms with E-state index in [2.05, 4.69) is 20.8 Å². The summed E-state index contributed by atoms with van der Waals surface area (Å²) in [6.45, 7) is 2.89. The maximum absolute atomic E-state index is 12.6. The lowest BCUT2D eigenvalue weighted by Crippen LogP contribution is -2.14. The molecule has 0 unspecified atom stereocenters. The molecule has 1 N–H and O–H groups in total. The third-order valence-electron chi connectivity index (χ3n) is 3.62. The molecule has 26 heavy (non-hydrogen) atoms. The second-order valence-electron chi connectivity index (χ2n) is 5.57. The molecule has 0 aliphatic carbocycles. The molecule has 0 saturated heterocycles. The third-order valence-corrected chi connectivity index (χ3v) is 3.85. The molecule has 2 aromatic carbocycles. The SMILES string of the molecule is CCCn1nnnc1COc1ccc(Cl)cc1C(=O)Nc1ccccc1. The molecule has 3 aromatic rings. The van der Waals surface area contributed by atoms with Gasteiger partial charge in [0.15, 0.2) is 5.82 Å². The number of hydrogen-bond acceptors (Lipinski definition) is 5. The summed E-state index contributed by atoms with van der Waals surface area (Å²) in [6.07, 6.45) is 0.906. The normalized spacial score (nSPS) is 10.5. The summed E-state index contributed by atoms with van der Waals surface area (Å²) in [7, 11) is 0. The second kappa shape index (κ2) is 8.44. The van der Waals surface area contributed by atoms with Crippen molar-refractivity contribution in [1.82, 2.24) is 20.2 Å². The van der Waals surface area contributed by atoms with Crippen LogP contribution >= 0.6 is 11.6 Å². The van der Waals surface area contributed by atoms with Crippen LogP contribution in [0.1, 0.15) is 29.5 Å². The van der Waals surface area contributed by atoms with E-state index in [0.29, 0.717) is 34.4 Å². The molecule has 1 aromatic heterocycles. The van der Waals surface area contributed by atoms with Crippen LogP contribution in [0, 0.1) is 0 Å². The highest BCUT2D eigenvalue weighted by atomic mass is 35.5. The first-order chi connectivity index (χ1) is 12.7. The first-order valence-corrected chi connectivity index (χ1v) is 8.59. The predicted octanol–water partition coefficient (Wildman–Crippen LogP) is 3.57. The molecule has 0 bridgehead atoms. The summed E-state index contributed by atoms with van der Waals surface area (Å²) < 4.78 is 7.48. The number of rotatable bonds is 7. The Balaban J connectivity index is 1.77. The number of nitrogens with zero attached hydrogens (tertiary/aromatic N) is 4. The number of carbonyl (C=O) groups is 1.